The van der Waals surface area contributed by atoms with Crippen LogP contribution in [0.3, 0.4) is 0 Å². The molecule has 1 amide bonds. The van der Waals surface area contributed by atoms with Crippen molar-refractivity contribution < 1.29 is 4.79 Å². The zero-order valence-electron chi connectivity index (χ0n) is 17.3. The highest BCUT2D eigenvalue weighted by Gasteiger charge is 2.29. The van der Waals surface area contributed by atoms with Crippen LogP contribution in [-0.4, -0.2) is 48.2 Å². The number of likely N-dealkylation sites (tertiary alicyclic amines) is 1. The molecule has 0 N–H and O–H groups in total. The molecule has 154 valence electrons. The Morgan fingerprint density at radius 3 is 2.69 bits per heavy atom. The summed E-state index contributed by atoms with van der Waals surface area (Å²) in [6.45, 7) is 6.33. The van der Waals surface area contributed by atoms with Crippen molar-refractivity contribution in [1.82, 2.24) is 24.5 Å². The van der Waals surface area contributed by atoms with Crippen LogP contribution in [0.5, 0.6) is 0 Å². The van der Waals surface area contributed by atoms with Gasteiger partial charge in [-0.3, -0.25) is 9.20 Å². The van der Waals surface area contributed by atoms with E-state index in [-0.39, 0.29) is 5.91 Å². The van der Waals surface area contributed by atoms with Gasteiger partial charge in [0.15, 0.2) is 10.8 Å². The van der Waals surface area contributed by atoms with Gasteiger partial charge in [-0.2, -0.15) is 0 Å². The van der Waals surface area contributed by atoms with Crippen LogP contribution >= 0.6 is 23.1 Å². The van der Waals surface area contributed by atoms with Gasteiger partial charge in [0, 0.05) is 17.0 Å². The Labute approximate surface area is 179 Å². The molecule has 3 aromatic rings. The summed E-state index contributed by atoms with van der Waals surface area (Å²) in [4.78, 5) is 22.4. The van der Waals surface area contributed by atoms with Gasteiger partial charge in [-0.15, -0.1) is 21.5 Å². The first-order valence-electron chi connectivity index (χ1n) is 10.6. The lowest BCUT2D eigenvalue weighted by Gasteiger charge is -2.39. The van der Waals surface area contributed by atoms with E-state index in [1.807, 2.05) is 22.7 Å². The molecule has 0 spiro atoms. The lowest BCUT2D eigenvalue weighted by atomic mass is 9.97. The van der Waals surface area contributed by atoms with Gasteiger partial charge in [0.1, 0.15) is 10.7 Å². The molecule has 4 heterocycles. The van der Waals surface area contributed by atoms with Crippen LogP contribution in [0.15, 0.2) is 5.16 Å². The van der Waals surface area contributed by atoms with Crippen LogP contribution in [0.4, 0.5) is 0 Å². The zero-order chi connectivity index (χ0) is 20.1. The number of rotatable bonds is 3. The first-order chi connectivity index (χ1) is 14.0. The van der Waals surface area contributed by atoms with E-state index in [9.17, 15) is 4.79 Å². The van der Waals surface area contributed by atoms with Crippen molar-refractivity contribution in [3.05, 3.63) is 16.3 Å². The maximum absolute atomic E-state index is 12.9. The summed E-state index contributed by atoms with van der Waals surface area (Å²) in [7, 11) is 0. The summed E-state index contributed by atoms with van der Waals surface area (Å²) in [5.74, 6) is 1.49. The molecule has 1 saturated heterocycles. The average Bonchev–Trinajstić information content (AvgIpc) is 3.27. The molecule has 0 aromatic carbocycles. The zero-order valence-corrected chi connectivity index (χ0v) is 18.9. The molecule has 0 bridgehead atoms. The summed E-state index contributed by atoms with van der Waals surface area (Å²) in [6, 6.07) is 0.643. The van der Waals surface area contributed by atoms with Gasteiger partial charge < -0.3 is 4.90 Å². The van der Waals surface area contributed by atoms with Gasteiger partial charge in [-0.05, 0) is 71.3 Å². The number of thioether (sulfide) groups is 1. The van der Waals surface area contributed by atoms with Crippen molar-refractivity contribution in [1.29, 1.82) is 0 Å². The molecule has 5 rings (SSSR count). The number of carbonyl (C=O) groups excluding carboxylic acids is 1. The number of amides is 1. The Hall–Kier alpha value is -1.67. The monoisotopic (exact) mass is 429 g/mol. The molecular formula is C21H27N5OS2. The molecular weight excluding hydrogens is 402 g/mol. The van der Waals surface area contributed by atoms with Crippen LogP contribution in [0.25, 0.3) is 15.9 Å². The fourth-order valence-electron chi connectivity index (χ4n) is 4.99. The Balaban J connectivity index is 1.46. The molecule has 29 heavy (non-hydrogen) atoms. The number of hydrogen-bond acceptors (Lipinski definition) is 6. The van der Waals surface area contributed by atoms with E-state index in [0.29, 0.717) is 17.8 Å². The van der Waals surface area contributed by atoms with Gasteiger partial charge in [0.25, 0.3) is 0 Å². The Morgan fingerprint density at radius 2 is 1.90 bits per heavy atom. The summed E-state index contributed by atoms with van der Waals surface area (Å²) >= 11 is 3.30. The Bertz CT molecular complexity index is 1080. The van der Waals surface area contributed by atoms with Crippen LogP contribution in [0.1, 0.15) is 62.2 Å². The van der Waals surface area contributed by atoms with E-state index >= 15 is 0 Å². The number of nitrogens with zero attached hydrogens (tertiary/aromatic N) is 5. The van der Waals surface area contributed by atoms with E-state index in [4.69, 9.17) is 4.98 Å². The molecule has 0 saturated carbocycles. The number of aryl methyl sites for hydroxylation is 3. The van der Waals surface area contributed by atoms with E-state index < -0.39 is 0 Å². The van der Waals surface area contributed by atoms with Crippen LogP contribution in [0, 0.1) is 6.92 Å². The van der Waals surface area contributed by atoms with Crippen LogP contribution < -0.4 is 0 Å². The molecule has 0 radical (unpaired) electrons. The standard InChI is InChI=1S/C21H27N5OS2/c1-12-7-6-8-13(2)25(12)17(27)11-28-21-24-23-19-18-15-9-4-5-10-16(15)29-20(18)22-14(3)26(19)21/h12-13H,4-11H2,1-3H3/t12-,13+. The Kier molecular flexibility index (Phi) is 5.02. The van der Waals surface area contributed by atoms with Gasteiger partial charge in [-0.25, -0.2) is 4.98 Å². The van der Waals surface area contributed by atoms with E-state index in [0.717, 1.165) is 47.1 Å². The summed E-state index contributed by atoms with van der Waals surface area (Å²) in [6.07, 6.45) is 8.15. The first kappa shape index (κ1) is 19.3. The van der Waals surface area contributed by atoms with Crippen molar-refractivity contribution in [2.24, 2.45) is 0 Å². The molecule has 1 aliphatic carbocycles. The third-order valence-corrected chi connectivity index (χ3v) is 8.50. The maximum atomic E-state index is 12.9. The van der Waals surface area contributed by atoms with E-state index in [1.54, 1.807) is 0 Å². The summed E-state index contributed by atoms with van der Waals surface area (Å²) in [5.41, 5.74) is 2.33. The summed E-state index contributed by atoms with van der Waals surface area (Å²) in [5, 5.41) is 11.0. The van der Waals surface area contributed by atoms with Crippen molar-refractivity contribution in [3.63, 3.8) is 0 Å². The smallest absolute Gasteiger partial charge is 0.233 e. The molecule has 6 nitrogen and oxygen atoms in total. The van der Waals surface area contributed by atoms with Gasteiger partial charge >= 0.3 is 0 Å². The topological polar surface area (TPSA) is 63.4 Å². The highest BCUT2D eigenvalue weighted by Crippen LogP contribution is 2.38. The second-order valence-electron chi connectivity index (χ2n) is 8.41. The molecule has 2 atom stereocenters. The number of aromatic nitrogens is 4. The lowest BCUT2D eigenvalue weighted by Crippen LogP contribution is -2.48. The number of piperidine rings is 1. The fraction of sp³-hybridized carbons (Fsp3) is 0.619. The second kappa shape index (κ2) is 7.54. The third kappa shape index (κ3) is 3.24. The number of fused-ring (bicyclic) bond motifs is 5. The second-order valence-corrected chi connectivity index (χ2v) is 10.4. The minimum Gasteiger partial charge on any atom is -0.337 e. The summed E-state index contributed by atoms with van der Waals surface area (Å²) < 4.78 is 2.05. The fourth-order valence-corrected chi connectivity index (χ4v) is 7.14. The van der Waals surface area contributed by atoms with Crippen LogP contribution in [0.2, 0.25) is 0 Å². The minimum absolute atomic E-state index is 0.200. The maximum Gasteiger partial charge on any atom is 0.233 e. The molecule has 1 fully saturated rings. The normalized spacial score (nSPS) is 22.4. The highest BCUT2D eigenvalue weighted by molar-refractivity contribution is 7.99. The SMILES string of the molecule is Cc1nc2sc3c(c2c2nnc(SCC(=O)N4[C@H](C)CCC[C@@H]4C)n12)CCCC3. The molecule has 3 aromatic heterocycles. The van der Waals surface area contributed by atoms with Crippen molar-refractivity contribution >= 4 is 44.9 Å². The molecule has 1 aliphatic heterocycles. The van der Waals surface area contributed by atoms with Gasteiger partial charge in [-0.1, -0.05) is 11.8 Å². The predicted octanol–water partition coefficient (Wildman–Crippen LogP) is 4.41. The van der Waals surface area contributed by atoms with Crippen LogP contribution in [-0.2, 0) is 17.6 Å². The first-order valence-corrected chi connectivity index (χ1v) is 12.4. The number of thiophene rings is 1. The predicted molar refractivity (Wildman–Crippen MR) is 118 cm³/mol. The van der Waals surface area contributed by atoms with E-state index in [1.165, 1.54) is 46.9 Å². The molecule has 2 aliphatic rings. The molecule has 0 unspecified atom stereocenters. The lowest BCUT2D eigenvalue weighted by molar-refractivity contribution is -0.134. The van der Waals surface area contributed by atoms with Gasteiger partial charge in [0.2, 0.25) is 5.91 Å². The van der Waals surface area contributed by atoms with Crippen molar-refractivity contribution in [3.8, 4) is 0 Å². The highest BCUT2D eigenvalue weighted by atomic mass is 32.2. The molecule has 8 heteroatoms. The Morgan fingerprint density at radius 1 is 1.14 bits per heavy atom. The van der Waals surface area contributed by atoms with Gasteiger partial charge in [0.05, 0.1) is 11.1 Å². The van der Waals surface area contributed by atoms with E-state index in [2.05, 4.69) is 28.9 Å². The average molecular weight is 430 g/mol. The van der Waals surface area contributed by atoms with Crippen molar-refractivity contribution in [2.75, 3.05) is 5.75 Å². The number of hydrogen-bond donors (Lipinski definition) is 0. The largest absolute Gasteiger partial charge is 0.337 e. The van der Waals surface area contributed by atoms with Crippen molar-refractivity contribution in [2.45, 2.75) is 83.0 Å². The third-order valence-electron chi connectivity index (χ3n) is 6.40. The minimum atomic E-state index is 0.200. The number of carbonyl (C=O) groups is 1. The quantitative estimate of drug-likeness (QED) is 0.577.